The van der Waals surface area contributed by atoms with Gasteiger partial charge >= 0.3 is 0 Å². The largest absolute Gasteiger partial charge is 0.369 e. The van der Waals surface area contributed by atoms with Gasteiger partial charge in [0.15, 0.2) is 0 Å². The quantitative estimate of drug-likeness (QED) is 0.804. The zero-order chi connectivity index (χ0) is 16.1. The molecule has 0 radical (unpaired) electrons. The Balaban J connectivity index is 1.64. The lowest BCUT2D eigenvalue weighted by Crippen LogP contribution is -2.32. The van der Waals surface area contributed by atoms with Gasteiger partial charge in [-0.1, -0.05) is 11.6 Å². The number of nitrogens with one attached hydrogen (secondary N) is 1. The third kappa shape index (κ3) is 4.53. The minimum Gasteiger partial charge on any atom is -0.369 e. The average molecular weight is 365 g/mol. The lowest BCUT2D eigenvalue weighted by molar-refractivity contribution is -0.111. The van der Waals surface area contributed by atoms with Crippen LogP contribution in [-0.2, 0) is 4.79 Å². The standard InChI is InChI=1S/C17H17ClN2OS2/c18-15-11-14(2-3-16(15)20-6-9-22-10-7-20)19-17(21)4-1-13-5-8-23-12-13/h1-5,8,11-12H,6-7,9-10H2,(H,19,21)/b4-1+. The monoisotopic (exact) mass is 364 g/mol. The lowest BCUT2D eigenvalue weighted by atomic mass is 10.2. The summed E-state index contributed by atoms with van der Waals surface area (Å²) in [6, 6.07) is 7.67. The number of hydrogen-bond donors (Lipinski definition) is 1. The molecule has 3 nitrogen and oxygen atoms in total. The van der Waals surface area contributed by atoms with E-state index in [0.717, 1.165) is 35.8 Å². The predicted octanol–water partition coefficient (Wildman–Crippen LogP) is 4.61. The highest BCUT2D eigenvalue weighted by Gasteiger charge is 2.14. The first-order valence-corrected chi connectivity index (χ1v) is 9.83. The first kappa shape index (κ1) is 16.4. The van der Waals surface area contributed by atoms with Gasteiger partial charge < -0.3 is 10.2 Å². The first-order valence-electron chi connectivity index (χ1n) is 7.36. The molecule has 2 aromatic rings. The van der Waals surface area contributed by atoms with Gasteiger partial charge in [-0.15, -0.1) is 0 Å². The van der Waals surface area contributed by atoms with Crippen LogP contribution in [0.25, 0.3) is 6.08 Å². The topological polar surface area (TPSA) is 32.3 Å². The maximum atomic E-state index is 12.0. The second kappa shape index (κ2) is 7.90. The van der Waals surface area contributed by atoms with Gasteiger partial charge in [0.25, 0.3) is 0 Å². The molecule has 3 rings (SSSR count). The van der Waals surface area contributed by atoms with Gasteiger partial charge in [-0.3, -0.25) is 4.79 Å². The van der Waals surface area contributed by atoms with Crippen LogP contribution in [0.5, 0.6) is 0 Å². The van der Waals surface area contributed by atoms with E-state index in [-0.39, 0.29) is 5.91 Å². The Morgan fingerprint density at radius 1 is 1.26 bits per heavy atom. The Morgan fingerprint density at radius 3 is 2.78 bits per heavy atom. The molecular weight excluding hydrogens is 348 g/mol. The molecule has 1 fully saturated rings. The maximum Gasteiger partial charge on any atom is 0.248 e. The Hall–Kier alpha value is -1.43. The summed E-state index contributed by atoms with van der Waals surface area (Å²) >= 11 is 9.96. The zero-order valence-electron chi connectivity index (χ0n) is 12.5. The summed E-state index contributed by atoms with van der Waals surface area (Å²) in [6.45, 7) is 2.03. The number of thiophene rings is 1. The lowest BCUT2D eigenvalue weighted by Gasteiger charge is -2.29. The summed E-state index contributed by atoms with van der Waals surface area (Å²) in [5.41, 5.74) is 2.78. The van der Waals surface area contributed by atoms with Gasteiger partial charge in [0.2, 0.25) is 5.91 Å². The molecule has 0 unspecified atom stereocenters. The highest BCUT2D eigenvalue weighted by Crippen LogP contribution is 2.30. The number of amides is 1. The SMILES string of the molecule is O=C(/C=C/c1ccsc1)Nc1ccc(N2CCSCC2)c(Cl)c1. The van der Waals surface area contributed by atoms with Crippen LogP contribution in [0.3, 0.4) is 0 Å². The van der Waals surface area contributed by atoms with Crippen LogP contribution in [0.2, 0.25) is 5.02 Å². The molecule has 2 heterocycles. The van der Waals surface area contributed by atoms with Crippen molar-refractivity contribution >= 4 is 58.1 Å². The molecule has 1 aromatic carbocycles. The van der Waals surface area contributed by atoms with Crippen molar-refractivity contribution in [2.75, 3.05) is 34.8 Å². The summed E-state index contributed by atoms with van der Waals surface area (Å²) in [4.78, 5) is 14.2. The predicted molar refractivity (Wildman–Crippen MR) is 103 cm³/mol. The second-order valence-corrected chi connectivity index (χ2v) is 7.56. The molecule has 1 aliphatic rings. The Bertz CT molecular complexity index is 695. The van der Waals surface area contributed by atoms with Crippen molar-refractivity contribution in [3.05, 3.63) is 51.7 Å². The summed E-state index contributed by atoms with van der Waals surface area (Å²) in [5.74, 6) is 2.10. The van der Waals surface area contributed by atoms with Crippen LogP contribution < -0.4 is 10.2 Å². The van der Waals surface area contributed by atoms with E-state index in [2.05, 4.69) is 10.2 Å². The highest BCUT2D eigenvalue weighted by atomic mass is 35.5. The maximum absolute atomic E-state index is 12.0. The summed E-state index contributed by atoms with van der Waals surface area (Å²) in [7, 11) is 0. The van der Waals surface area contributed by atoms with Crippen LogP contribution in [0.1, 0.15) is 5.56 Å². The molecule has 1 amide bonds. The Morgan fingerprint density at radius 2 is 2.09 bits per heavy atom. The molecule has 0 atom stereocenters. The molecule has 1 N–H and O–H groups in total. The number of carbonyl (C=O) groups is 1. The molecule has 0 aliphatic carbocycles. The molecule has 1 aromatic heterocycles. The molecule has 0 spiro atoms. The number of halogens is 1. The first-order chi connectivity index (χ1) is 11.2. The smallest absolute Gasteiger partial charge is 0.248 e. The number of carbonyl (C=O) groups excluding carboxylic acids is 1. The highest BCUT2D eigenvalue weighted by molar-refractivity contribution is 7.99. The van der Waals surface area contributed by atoms with Crippen LogP contribution in [0.4, 0.5) is 11.4 Å². The van der Waals surface area contributed by atoms with Crippen LogP contribution in [0, 0.1) is 0 Å². The number of rotatable bonds is 4. The minimum absolute atomic E-state index is 0.158. The van der Waals surface area contributed by atoms with Crippen molar-refractivity contribution in [1.82, 2.24) is 0 Å². The Kier molecular flexibility index (Phi) is 5.65. The van der Waals surface area contributed by atoms with Crippen molar-refractivity contribution in [2.45, 2.75) is 0 Å². The van der Waals surface area contributed by atoms with Crippen molar-refractivity contribution < 1.29 is 4.79 Å². The van der Waals surface area contributed by atoms with E-state index >= 15 is 0 Å². The summed E-state index contributed by atoms with van der Waals surface area (Å²) < 4.78 is 0. The molecule has 23 heavy (non-hydrogen) atoms. The van der Waals surface area contributed by atoms with E-state index < -0.39 is 0 Å². The number of thioether (sulfide) groups is 1. The summed E-state index contributed by atoms with van der Waals surface area (Å²) in [6.07, 6.45) is 3.33. The van der Waals surface area contributed by atoms with E-state index in [1.54, 1.807) is 17.4 Å². The van der Waals surface area contributed by atoms with Crippen molar-refractivity contribution in [3.63, 3.8) is 0 Å². The van der Waals surface area contributed by atoms with Gasteiger partial charge in [-0.25, -0.2) is 0 Å². The van der Waals surface area contributed by atoms with Crippen molar-refractivity contribution in [3.8, 4) is 0 Å². The zero-order valence-corrected chi connectivity index (χ0v) is 14.9. The van der Waals surface area contributed by atoms with Crippen molar-refractivity contribution in [2.24, 2.45) is 0 Å². The minimum atomic E-state index is -0.158. The molecule has 120 valence electrons. The molecular formula is C17H17ClN2OS2. The van der Waals surface area contributed by atoms with E-state index in [9.17, 15) is 4.79 Å². The van der Waals surface area contributed by atoms with Crippen LogP contribution in [-0.4, -0.2) is 30.5 Å². The molecule has 6 heteroatoms. The summed E-state index contributed by atoms with van der Waals surface area (Å²) in [5, 5.41) is 7.50. The van der Waals surface area contributed by atoms with E-state index in [1.807, 2.05) is 46.8 Å². The third-order valence-corrected chi connectivity index (χ3v) is 5.48. The van der Waals surface area contributed by atoms with Crippen LogP contribution in [0.15, 0.2) is 41.1 Å². The number of nitrogens with zero attached hydrogens (tertiary/aromatic N) is 1. The fourth-order valence-electron chi connectivity index (χ4n) is 2.37. The second-order valence-electron chi connectivity index (χ2n) is 5.14. The fourth-order valence-corrected chi connectivity index (χ4v) is 4.20. The van der Waals surface area contributed by atoms with E-state index in [0.29, 0.717) is 10.7 Å². The van der Waals surface area contributed by atoms with Gasteiger partial charge in [0, 0.05) is 36.4 Å². The van der Waals surface area contributed by atoms with Crippen LogP contribution >= 0.6 is 34.7 Å². The normalized spacial score (nSPS) is 15.1. The number of anilines is 2. The Labute approximate surface area is 149 Å². The van der Waals surface area contributed by atoms with E-state index in [4.69, 9.17) is 11.6 Å². The molecule has 1 saturated heterocycles. The molecule has 0 bridgehead atoms. The van der Waals surface area contributed by atoms with Gasteiger partial charge in [-0.05, 0) is 46.7 Å². The molecule has 0 saturated carbocycles. The van der Waals surface area contributed by atoms with Crippen molar-refractivity contribution in [1.29, 1.82) is 0 Å². The van der Waals surface area contributed by atoms with Gasteiger partial charge in [0.1, 0.15) is 0 Å². The number of hydrogen-bond acceptors (Lipinski definition) is 4. The van der Waals surface area contributed by atoms with Gasteiger partial charge in [-0.2, -0.15) is 23.1 Å². The molecule has 1 aliphatic heterocycles. The van der Waals surface area contributed by atoms with Gasteiger partial charge in [0.05, 0.1) is 10.7 Å². The fraction of sp³-hybridized carbons (Fsp3) is 0.235. The third-order valence-electron chi connectivity index (χ3n) is 3.54. The van der Waals surface area contributed by atoms with E-state index in [1.165, 1.54) is 6.08 Å². The average Bonchev–Trinajstić information content (AvgIpc) is 3.07. The number of benzene rings is 1.